The third-order valence-corrected chi connectivity index (χ3v) is 16.7. The number of rotatable bonds is 19. The van der Waals surface area contributed by atoms with Crippen LogP contribution in [0.4, 0.5) is 33.6 Å². The summed E-state index contributed by atoms with van der Waals surface area (Å²) in [4.78, 5) is 7.89. The Hall–Kier alpha value is -6.67. The lowest BCUT2D eigenvalue weighted by molar-refractivity contribution is 0.282. The molecule has 0 bridgehead atoms. The van der Waals surface area contributed by atoms with E-state index in [-0.39, 0.29) is 108 Å². The number of aromatic nitrogens is 3. The summed E-state index contributed by atoms with van der Waals surface area (Å²) in [5, 5.41) is 58.6. The predicted octanol–water partition coefficient (Wildman–Crippen LogP) is 10.4. The van der Waals surface area contributed by atoms with Crippen LogP contribution in [-0.4, -0.2) is 100 Å². The maximum Gasteiger partial charge on any atom is 0.296 e. The Morgan fingerprint density at radius 3 is 2.16 bits per heavy atom. The van der Waals surface area contributed by atoms with Crippen LogP contribution in [0.25, 0.3) is 37.7 Å². The van der Waals surface area contributed by atoms with E-state index in [2.05, 4.69) is 46.7 Å². The Kier molecular flexibility index (Phi) is 15.9. The number of aryl methyl sites for hydroxylation is 1. The molecule has 3 heterocycles. The molecule has 5 aromatic carbocycles. The number of aliphatic hydroxyl groups excluding tert-OH is 1. The summed E-state index contributed by atoms with van der Waals surface area (Å²) in [6, 6.07) is 17.0. The van der Waals surface area contributed by atoms with E-state index in [1.807, 2.05) is 0 Å². The van der Waals surface area contributed by atoms with E-state index in [1.54, 1.807) is 32.0 Å². The summed E-state index contributed by atoms with van der Waals surface area (Å²) < 4.78 is 141. The molecule has 0 unspecified atom stereocenters. The van der Waals surface area contributed by atoms with Crippen molar-refractivity contribution in [3.8, 4) is 17.7 Å². The summed E-state index contributed by atoms with van der Waals surface area (Å²) in [5.41, 5.74) is 1.74. The van der Waals surface area contributed by atoms with Gasteiger partial charge in [-0.2, -0.15) is 44.0 Å². The molecule has 0 saturated heterocycles. The van der Waals surface area contributed by atoms with Crippen molar-refractivity contribution in [2.75, 3.05) is 23.9 Å². The number of halogens is 1. The van der Waals surface area contributed by atoms with Crippen LogP contribution in [0.1, 0.15) is 35.1 Å². The first kappa shape index (κ1) is 55.6. The van der Waals surface area contributed by atoms with Crippen LogP contribution in [0.3, 0.4) is 0 Å². The number of thioether (sulfide) groups is 1. The first-order valence-electron chi connectivity index (χ1n) is 21.6. The summed E-state index contributed by atoms with van der Waals surface area (Å²) in [7, 11) is -18.3. The van der Waals surface area contributed by atoms with Crippen LogP contribution < -0.4 is 4.74 Å². The fourth-order valence-electron chi connectivity index (χ4n) is 7.50. The molecule has 0 aliphatic heterocycles. The highest BCUT2D eigenvalue weighted by Crippen LogP contribution is 2.44. The van der Waals surface area contributed by atoms with Crippen molar-refractivity contribution < 1.29 is 66.8 Å². The number of pyridine rings is 1. The zero-order valence-corrected chi connectivity index (χ0v) is 44.6. The lowest BCUT2D eigenvalue weighted by Crippen LogP contribution is -2.08. The molecule has 0 amide bonds. The summed E-state index contributed by atoms with van der Waals surface area (Å²) in [6.07, 6.45) is -0.193. The number of ether oxygens (including phenoxy) is 1. The Bertz CT molecular complexity index is 4320. The quantitative estimate of drug-likeness (QED) is 0.0190. The number of nitrogens with zero attached hydrogens (tertiary/aromatic N) is 10. The van der Waals surface area contributed by atoms with E-state index >= 15 is 0 Å². The van der Waals surface area contributed by atoms with Crippen molar-refractivity contribution in [3.05, 3.63) is 94.0 Å². The van der Waals surface area contributed by atoms with Crippen LogP contribution in [0.15, 0.2) is 112 Å². The monoisotopic (exact) mass is 1170 g/mol. The van der Waals surface area contributed by atoms with Crippen molar-refractivity contribution in [1.82, 2.24) is 14.4 Å². The second kappa shape index (κ2) is 21.8. The fourth-order valence-corrected chi connectivity index (χ4v) is 12.0. The minimum Gasteiger partial charge on any atom is -0.493 e. The van der Waals surface area contributed by atoms with Gasteiger partial charge < -0.3 is 14.9 Å². The first-order valence-corrected chi connectivity index (χ1v) is 29.9. The van der Waals surface area contributed by atoms with E-state index in [4.69, 9.17) is 16.3 Å². The van der Waals surface area contributed by atoms with Crippen LogP contribution in [0, 0.1) is 25.2 Å². The molecule has 8 aromatic rings. The molecule has 0 radical (unpaired) electrons. The minimum atomic E-state index is -4.90. The molecular formula is C44H37ClN10O15S6. The number of azo groups is 3. The van der Waals surface area contributed by atoms with Crippen molar-refractivity contribution in [1.29, 1.82) is 5.26 Å². The van der Waals surface area contributed by atoms with E-state index in [0.29, 0.717) is 26.5 Å². The summed E-state index contributed by atoms with van der Waals surface area (Å²) in [6.45, 7) is 2.25. The molecule has 0 aliphatic carbocycles. The highest BCUT2D eigenvalue weighted by molar-refractivity contribution is 7.99. The van der Waals surface area contributed by atoms with Crippen LogP contribution >= 0.6 is 34.7 Å². The molecule has 3 aromatic heterocycles. The maximum absolute atomic E-state index is 12.5. The molecule has 0 saturated carbocycles. The van der Waals surface area contributed by atoms with Gasteiger partial charge in [-0.1, -0.05) is 29.0 Å². The summed E-state index contributed by atoms with van der Waals surface area (Å²) >= 11 is 8.08. The maximum atomic E-state index is 12.5. The second-order valence-corrected chi connectivity index (χ2v) is 24.9. The zero-order valence-electron chi connectivity index (χ0n) is 39.0. The number of nitriles is 1. The Morgan fingerprint density at radius 1 is 0.776 bits per heavy atom. The van der Waals surface area contributed by atoms with Crippen molar-refractivity contribution in [2.45, 2.75) is 48.0 Å². The van der Waals surface area contributed by atoms with Gasteiger partial charge in [-0.3, -0.25) is 22.6 Å². The zero-order chi connectivity index (χ0) is 55.1. The van der Waals surface area contributed by atoms with Gasteiger partial charge in [-0.15, -0.1) is 37.3 Å². The predicted molar refractivity (Wildman–Crippen MR) is 280 cm³/mol. The van der Waals surface area contributed by atoms with Gasteiger partial charge in [0, 0.05) is 32.5 Å². The normalized spacial score (nSPS) is 12.9. The average Bonchev–Trinajstić information content (AvgIpc) is 3.96. The average molecular weight is 1170 g/mol. The highest BCUT2D eigenvalue weighted by atomic mass is 35.5. The van der Waals surface area contributed by atoms with Gasteiger partial charge in [-0.05, 0) is 98.0 Å². The Labute approximate surface area is 444 Å². The molecule has 76 heavy (non-hydrogen) atoms. The lowest BCUT2D eigenvalue weighted by Gasteiger charge is -2.12. The standard InChI is InChI=1S/C44H37ClN10O15S6/c1-22-13-33(51-53-39-23(2)29(20-46)42-47-30-8-6-26(45)16-35(30)55(42)43(39)57)36(70-9-3-11-73(58,59)60)18-31(22)49-52-34-14-25(21-56)32(19-37(34)71-10-4-12-74(61,62)63)50-54-44-48-40-38(76(67,68)69)15-24-5-7-27(75(64,65)66)17-28(24)41(40)72-44/h5-8,13-19,56-57H,3-4,9-12,21H2,1-2H3,(H,58,59,60)(H,61,62,63)(H,64,65,66)(H,67,68,69). The van der Waals surface area contributed by atoms with E-state index in [9.17, 15) is 67.4 Å². The number of benzene rings is 5. The van der Waals surface area contributed by atoms with E-state index in [0.717, 1.165) is 41.3 Å². The number of fused-ring (bicyclic) bond motifs is 6. The number of hydrogen-bond acceptors (Lipinski definition) is 22. The van der Waals surface area contributed by atoms with Gasteiger partial charge >= 0.3 is 0 Å². The molecule has 25 nitrogen and oxygen atoms in total. The van der Waals surface area contributed by atoms with Crippen LogP contribution in [-0.2, 0) is 47.1 Å². The molecular weight excluding hydrogens is 1140 g/mol. The molecule has 8 rings (SSSR count). The minimum absolute atomic E-state index is 0.0188. The van der Waals surface area contributed by atoms with Crippen LogP contribution in [0.2, 0.25) is 5.02 Å². The van der Waals surface area contributed by atoms with Crippen LogP contribution in [0.5, 0.6) is 11.6 Å². The number of thiazole rings is 1. The Balaban J connectivity index is 1.18. The van der Waals surface area contributed by atoms with Gasteiger partial charge in [0.05, 0.1) is 62.4 Å². The van der Waals surface area contributed by atoms with E-state index in [1.165, 1.54) is 34.7 Å². The molecule has 0 spiro atoms. The fraction of sp³-hybridized carbons (Fsp3) is 0.205. The molecule has 0 atom stereocenters. The van der Waals surface area contributed by atoms with Gasteiger partial charge in [-0.25, -0.2) is 9.97 Å². The molecule has 6 N–H and O–H groups in total. The topological polar surface area (TPSA) is 395 Å². The highest BCUT2D eigenvalue weighted by Gasteiger charge is 2.24. The lowest BCUT2D eigenvalue weighted by atomic mass is 10.1. The van der Waals surface area contributed by atoms with Gasteiger partial charge in [0.2, 0.25) is 11.0 Å². The summed E-state index contributed by atoms with van der Waals surface area (Å²) in [5.74, 6) is -1.57. The molecule has 0 aliphatic rings. The largest absolute Gasteiger partial charge is 0.493 e. The van der Waals surface area contributed by atoms with Crippen molar-refractivity contribution >= 4 is 146 Å². The number of aliphatic hydroxyl groups is 1. The number of hydrogen-bond donors (Lipinski definition) is 6. The first-order chi connectivity index (χ1) is 35.7. The second-order valence-electron chi connectivity index (χ2n) is 16.4. The third-order valence-electron chi connectivity index (χ3n) is 11.1. The van der Waals surface area contributed by atoms with E-state index < -0.39 is 74.3 Å². The smallest absolute Gasteiger partial charge is 0.296 e. The SMILES string of the molecule is Cc1cc(N=Nc2c(C)c(C#N)c3nc4ccc(Cl)cc4n3c2O)c(OCCCS(=O)(=O)O)cc1N=Nc1cc(CO)c(N=Nc2nc3c(S(=O)(=O)O)cc4ccc(S(=O)(=O)O)cc4c3s2)cc1SCCCS(=O)(=O)O. The number of imidazole rings is 1. The van der Waals surface area contributed by atoms with Gasteiger partial charge in [0.1, 0.15) is 33.5 Å². The molecule has 32 heteroatoms. The number of aromatic hydroxyl groups is 1. The molecule has 0 fully saturated rings. The molecule has 396 valence electrons. The third kappa shape index (κ3) is 12.4. The van der Waals surface area contributed by atoms with Gasteiger partial charge in [0.15, 0.2) is 11.3 Å². The van der Waals surface area contributed by atoms with Crippen molar-refractivity contribution in [2.24, 2.45) is 30.7 Å². The van der Waals surface area contributed by atoms with Crippen molar-refractivity contribution in [3.63, 3.8) is 0 Å². The van der Waals surface area contributed by atoms with Gasteiger partial charge in [0.25, 0.3) is 40.5 Å². The Morgan fingerprint density at radius 2 is 1.47 bits per heavy atom.